The molecule has 1 unspecified atom stereocenters. The van der Waals surface area contributed by atoms with E-state index in [2.05, 4.69) is 0 Å². The molecule has 0 radical (unpaired) electrons. The molecule has 0 aromatic heterocycles. The van der Waals surface area contributed by atoms with Crippen molar-refractivity contribution in [1.82, 2.24) is 0 Å². The van der Waals surface area contributed by atoms with Crippen LogP contribution in [0.5, 0.6) is 46.0 Å². The number of ether oxygens (including phenoxy) is 1. The number of fused-ring (bicyclic) bond motifs is 1. The largest absolute Gasteiger partial charge is 0.508 e. The van der Waals surface area contributed by atoms with Crippen LogP contribution in [0.25, 0.3) is 0 Å². The number of phenolic OH excluding ortho intramolecular Hbond substituents is 7. The highest BCUT2D eigenvalue weighted by Gasteiger charge is 2.39. The third kappa shape index (κ3) is 3.27. The molecule has 0 saturated heterocycles. The predicted octanol–water partition coefficient (Wildman–Crippen LogP) is 2.78. The molecule has 4 rings (SSSR count). The maximum absolute atomic E-state index is 11.9. The van der Waals surface area contributed by atoms with E-state index in [9.17, 15) is 45.6 Å². The summed E-state index contributed by atoms with van der Waals surface area (Å²) in [6.45, 7) is 0. The van der Waals surface area contributed by atoms with Gasteiger partial charge in [-0.1, -0.05) is 0 Å². The molecule has 0 spiro atoms. The molecule has 10 heteroatoms. The second kappa shape index (κ2) is 7.34. The quantitative estimate of drug-likeness (QED) is 0.280. The van der Waals surface area contributed by atoms with Crippen molar-refractivity contribution >= 4 is 5.97 Å². The van der Waals surface area contributed by atoms with E-state index in [1.807, 2.05) is 0 Å². The molecule has 10 nitrogen and oxygen atoms in total. The molecule has 2 atom stereocenters. The lowest BCUT2D eigenvalue weighted by Gasteiger charge is -2.35. The van der Waals surface area contributed by atoms with Crippen LogP contribution in [-0.4, -0.2) is 46.8 Å². The Bertz CT molecular complexity index is 1230. The first kappa shape index (κ1) is 20.8. The number of aromatic carboxylic acids is 1. The zero-order valence-electron chi connectivity index (χ0n) is 16.2. The summed E-state index contributed by atoms with van der Waals surface area (Å²) < 4.78 is 5.92. The third-order valence-electron chi connectivity index (χ3n) is 5.43. The Morgan fingerprint density at radius 2 is 1.47 bits per heavy atom. The second-order valence-electron chi connectivity index (χ2n) is 7.40. The average Bonchev–Trinajstić information content (AvgIpc) is 2.72. The van der Waals surface area contributed by atoms with Gasteiger partial charge in [-0.05, 0) is 30.7 Å². The molecule has 0 fully saturated rings. The summed E-state index contributed by atoms with van der Waals surface area (Å²) in [5.74, 6) is -6.45. The summed E-state index contributed by atoms with van der Waals surface area (Å²) in [6.07, 6.45) is -1.28. The van der Waals surface area contributed by atoms with Crippen LogP contribution in [0.15, 0.2) is 36.4 Å². The van der Waals surface area contributed by atoms with Gasteiger partial charge in [-0.25, -0.2) is 4.79 Å². The Morgan fingerprint density at radius 3 is 2.09 bits per heavy atom. The van der Waals surface area contributed by atoms with Gasteiger partial charge in [0, 0.05) is 34.7 Å². The van der Waals surface area contributed by atoms with Crippen LogP contribution in [0.2, 0.25) is 0 Å². The standard InChI is InChI=1S/C22H18O10/c23-9-5-14(25)11-7-12(18-10(22(30)31)1-2-13(24)20(18)29)21(32-17(11)6-9)8-3-15(26)19(28)16(27)4-8/h1-6,12,21,23-29H,7H2,(H,30,31)/t12?,21-/m1/s1. The van der Waals surface area contributed by atoms with E-state index in [1.165, 1.54) is 6.07 Å². The van der Waals surface area contributed by atoms with Crippen molar-refractivity contribution in [1.29, 1.82) is 0 Å². The van der Waals surface area contributed by atoms with E-state index >= 15 is 0 Å². The number of carbonyl (C=O) groups is 1. The van der Waals surface area contributed by atoms with Crippen molar-refractivity contribution in [3.63, 3.8) is 0 Å². The van der Waals surface area contributed by atoms with E-state index in [4.69, 9.17) is 4.74 Å². The number of benzene rings is 3. The third-order valence-corrected chi connectivity index (χ3v) is 5.43. The van der Waals surface area contributed by atoms with Gasteiger partial charge in [0.25, 0.3) is 0 Å². The lowest BCUT2D eigenvalue weighted by molar-refractivity contribution is 0.0691. The maximum Gasteiger partial charge on any atom is 0.336 e. The summed E-state index contributed by atoms with van der Waals surface area (Å²) in [5.41, 5.74) is -0.244. The van der Waals surface area contributed by atoms with Crippen LogP contribution >= 0.6 is 0 Å². The smallest absolute Gasteiger partial charge is 0.336 e. The second-order valence-corrected chi connectivity index (χ2v) is 7.40. The summed E-state index contributed by atoms with van der Waals surface area (Å²) >= 11 is 0. The average molecular weight is 442 g/mol. The van der Waals surface area contributed by atoms with Crippen LogP contribution in [-0.2, 0) is 6.42 Å². The fourth-order valence-electron chi connectivity index (χ4n) is 3.97. The molecule has 32 heavy (non-hydrogen) atoms. The Hall–Kier alpha value is -4.47. The van der Waals surface area contributed by atoms with Crippen molar-refractivity contribution in [2.24, 2.45) is 0 Å². The molecule has 0 saturated carbocycles. The molecule has 8 N–H and O–H groups in total. The molecule has 3 aromatic carbocycles. The Kier molecular flexibility index (Phi) is 4.77. The van der Waals surface area contributed by atoms with Gasteiger partial charge >= 0.3 is 5.97 Å². The lowest BCUT2D eigenvalue weighted by Crippen LogP contribution is -2.26. The number of carboxylic acids is 1. The highest BCUT2D eigenvalue weighted by atomic mass is 16.5. The van der Waals surface area contributed by atoms with Crippen molar-refractivity contribution in [3.05, 3.63) is 58.7 Å². The molecule has 1 aliphatic rings. The highest BCUT2D eigenvalue weighted by Crippen LogP contribution is 2.52. The minimum absolute atomic E-state index is 0.0484. The zero-order valence-corrected chi connectivity index (χ0v) is 16.2. The van der Waals surface area contributed by atoms with Crippen molar-refractivity contribution in [2.45, 2.75) is 18.4 Å². The van der Waals surface area contributed by atoms with E-state index in [-0.39, 0.29) is 45.9 Å². The predicted molar refractivity (Wildman–Crippen MR) is 108 cm³/mol. The molecule has 0 amide bonds. The fourth-order valence-corrected chi connectivity index (χ4v) is 3.97. The van der Waals surface area contributed by atoms with E-state index in [0.717, 1.165) is 30.3 Å². The maximum atomic E-state index is 11.9. The van der Waals surface area contributed by atoms with Gasteiger partial charge in [-0.15, -0.1) is 0 Å². The van der Waals surface area contributed by atoms with Crippen molar-refractivity contribution < 1.29 is 50.4 Å². The lowest BCUT2D eigenvalue weighted by atomic mass is 9.79. The molecule has 1 heterocycles. The fraction of sp³-hybridized carbons (Fsp3) is 0.136. The van der Waals surface area contributed by atoms with E-state index in [1.54, 1.807) is 0 Å². The van der Waals surface area contributed by atoms with Gasteiger partial charge in [0.05, 0.1) is 5.56 Å². The van der Waals surface area contributed by atoms with Crippen LogP contribution in [0.4, 0.5) is 0 Å². The number of hydrogen-bond donors (Lipinski definition) is 8. The van der Waals surface area contributed by atoms with Gasteiger partial charge in [-0.2, -0.15) is 0 Å². The number of hydrogen-bond acceptors (Lipinski definition) is 9. The first-order valence-electron chi connectivity index (χ1n) is 9.33. The first-order valence-corrected chi connectivity index (χ1v) is 9.33. The Morgan fingerprint density at radius 1 is 0.812 bits per heavy atom. The zero-order chi connectivity index (χ0) is 23.3. The molecular weight excluding hydrogens is 424 g/mol. The van der Waals surface area contributed by atoms with Crippen LogP contribution < -0.4 is 4.74 Å². The minimum atomic E-state index is -1.40. The van der Waals surface area contributed by atoms with Crippen LogP contribution in [0, 0.1) is 0 Å². The minimum Gasteiger partial charge on any atom is -0.508 e. The molecule has 166 valence electrons. The summed E-state index contributed by atoms with van der Waals surface area (Å²) in [7, 11) is 0. The van der Waals surface area contributed by atoms with Gasteiger partial charge in [-0.3, -0.25) is 0 Å². The van der Waals surface area contributed by atoms with Gasteiger partial charge in [0.15, 0.2) is 28.7 Å². The molecule has 0 bridgehead atoms. The molecule has 1 aliphatic heterocycles. The number of carboxylic acid groups (broad SMARTS) is 1. The van der Waals surface area contributed by atoms with Crippen LogP contribution in [0.3, 0.4) is 0 Å². The summed E-state index contributed by atoms with van der Waals surface area (Å²) in [4.78, 5) is 11.9. The highest BCUT2D eigenvalue weighted by molar-refractivity contribution is 5.91. The number of aromatic hydroxyl groups is 7. The topological polar surface area (TPSA) is 188 Å². The van der Waals surface area contributed by atoms with Crippen LogP contribution in [0.1, 0.15) is 39.1 Å². The van der Waals surface area contributed by atoms with Crippen molar-refractivity contribution in [3.8, 4) is 46.0 Å². The Balaban J connectivity index is 1.98. The van der Waals surface area contributed by atoms with Gasteiger partial charge in [0.2, 0.25) is 0 Å². The summed E-state index contributed by atoms with van der Waals surface area (Å²) in [6, 6.07) is 6.57. The van der Waals surface area contributed by atoms with Crippen molar-refractivity contribution in [2.75, 3.05) is 0 Å². The number of rotatable bonds is 3. The SMILES string of the molecule is O=C(O)c1ccc(O)c(O)c1C1Cc2c(O)cc(O)cc2O[C@@H]1c1cc(O)c(O)c(O)c1. The number of phenols is 7. The monoisotopic (exact) mass is 442 g/mol. The first-order chi connectivity index (χ1) is 15.1. The van der Waals surface area contributed by atoms with E-state index < -0.39 is 46.7 Å². The molecule has 3 aromatic rings. The molecule has 0 aliphatic carbocycles. The Labute approximate surface area is 180 Å². The van der Waals surface area contributed by atoms with E-state index in [0.29, 0.717) is 0 Å². The molecular formula is C22H18O10. The van der Waals surface area contributed by atoms with Gasteiger partial charge in [0.1, 0.15) is 23.4 Å². The van der Waals surface area contributed by atoms with Gasteiger partial charge < -0.3 is 45.6 Å². The summed E-state index contributed by atoms with van der Waals surface area (Å²) in [5, 5.41) is 80.0. The normalized spacial score (nSPS) is 17.4.